The molecule has 0 atom stereocenters. The predicted octanol–water partition coefficient (Wildman–Crippen LogP) is 3.10. The van der Waals surface area contributed by atoms with Crippen LogP contribution in [-0.2, 0) is 16.4 Å². The molecule has 0 saturated carbocycles. The first-order valence-corrected chi connectivity index (χ1v) is 11.7. The molecular weight excluding hydrogens is 398 g/mol. The molecule has 7 heteroatoms. The minimum absolute atomic E-state index is 0.103. The SMILES string of the molecule is CN(C)c1ccc(C(=O)N2CCC(Cc3ccccc3)CC2)cc1S(=O)(=O)N(C)C. The third-order valence-electron chi connectivity index (χ3n) is 5.72. The van der Waals surface area contributed by atoms with Gasteiger partial charge in [0.1, 0.15) is 4.90 Å². The van der Waals surface area contributed by atoms with Crippen molar-refractivity contribution in [1.82, 2.24) is 9.21 Å². The van der Waals surface area contributed by atoms with Gasteiger partial charge in [0.15, 0.2) is 0 Å². The number of carbonyl (C=O) groups excluding carboxylic acids is 1. The summed E-state index contributed by atoms with van der Waals surface area (Å²) >= 11 is 0. The van der Waals surface area contributed by atoms with Crippen LogP contribution in [0.15, 0.2) is 53.4 Å². The summed E-state index contributed by atoms with van der Waals surface area (Å²) in [5.74, 6) is 0.464. The zero-order valence-electron chi connectivity index (χ0n) is 18.2. The van der Waals surface area contributed by atoms with Crippen molar-refractivity contribution in [3.8, 4) is 0 Å². The second kappa shape index (κ2) is 9.18. The van der Waals surface area contributed by atoms with E-state index in [0.717, 1.165) is 19.3 Å². The van der Waals surface area contributed by atoms with Gasteiger partial charge in [-0.15, -0.1) is 0 Å². The summed E-state index contributed by atoms with van der Waals surface area (Å²) in [7, 11) is 2.93. The van der Waals surface area contributed by atoms with Crippen LogP contribution < -0.4 is 4.90 Å². The number of piperidine rings is 1. The monoisotopic (exact) mass is 429 g/mol. The van der Waals surface area contributed by atoms with Crippen LogP contribution in [0.1, 0.15) is 28.8 Å². The van der Waals surface area contributed by atoms with Crippen molar-refractivity contribution in [1.29, 1.82) is 0 Å². The summed E-state index contributed by atoms with van der Waals surface area (Å²) in [6.45, 7) is 1.39. The minimum atomic E-state index is -3.66. The highest BCUT2D eigenvalue weighted by molar-refractivity contribution is 7.89. The predicted molar refractivity (Wildman–Crippen MR) is 120 cm³/mol. The average molecular weight is 430 g/mol. The number of anilines is 1. The first kappa shape index (κ1) is 22.3. The summed E-state index contributed by atoms with van der Waals surface area (Å²) in [6, 6.07) is 15.4. The van der Waals surface area contributed by atoms with Crippen molar-refractivity contribution < 1.29 is 13.2 Å². The minimum Gasteiger partial charge on any atom is -0.377 e. The third-order valence-corrected chi connectivity index (χ3v) is 7.56. The molecule has 0 aliphatic carbocycles. The van der Waals surface area contributed by atoms with E-state index in [2.05, 4.69) is 24.3 Å². The Morgan fingerprint density at radius 1 is 1.00 bits per heavy atom. The van der Waals surface area contributed by atoms with Crippen LogP contribution in [0.2, 0.25) is 0 Å². The van der Waals surface area contributed by atoms with Gasteiger partial charge in [-0.25, -0.2) is 12.7 Å². The van der Waals surface area contributed by atoms with E-state index in [0.29, 0.717) is 30.3 Å². The largest absolute Gasteiger partial charge is 0.377 e. The molecule has 1 heterocycles. The highest BCUT2D eigenvalue weighted by Gasteiger charge is 2.27. The Balaban J connectivity index is 1.74. The van der Waals surface area contributed by atoms with Gasteiger partial charge in [-0.1, -0.05) is 30.3 Å². The maximum Gasteiger partial charge on any atom is 0.253 e. The van der Waals surface area contributed by atoms with Gasteiger partial charge in [0.05, 0.1) is 5.69 Å². The summed E-state index contributed by atoms with van der Waals surface area (Å²) in [6.07, 6.45) is 2.95. The maximum atomic E-state index is 13.1. The lowest BCUT2D eigenvalue weighted by molar-refractivity contribution is 0.0690. The standard InChI is InChI=1S/C23H31N3O3S/c1-24(2)21-11-10-20(17-22(21)30(28,29)25(3)4)23(27)26-14-12-19(13-15-26)16-18-8-6-5-7-9-18/h5-11,17,19H,12-16H2,1-4H3. The van der Waals surface area contributed by atoms with E-state index < -0.39 is 10.0 Å². The number of carbonyl (C=O) groups is 1. The summed E-state index contributed by atoms with van der Waals surface area (Å²) in [4.78, 5) is 16.8. The van der Waals surface area contributed by atoms with Gasteiger partial charge in [-0.2, -0.15) is 0 Å². The average Bonchev–Trinajstić information content (AvgIpc) is 2.74. The van der Waals surface area contributed by atoms with Gasteiger partial charge >= 0.3 is 0 Å². The molecule has 3 rings (SSSR count). The Morgan fingerprint density at radius 2 is 1.63 bits per heavy atom. The van der Waals surface area contributed by atoms with Crippen molar-refractivity contribution in [2.24, 2.45) is 5.92 Å². The van der Waals surface area contributed by atoms with Crippen molar-refractivity contribution in [2.75, 3.05) is 46.2 Å². The lowest BCUT2D eigenvalue weighted by Gasteiger charge is -2.32. The number of nitrogens with zero attached hydrogens (tertiary/aromatic N) is 3. The van der Waals surface area contributed by atoms with E-state index in [9.17, 15) is 13.2 Å². The zero-order valence-corrected chi connectivity index (χ0v) is 19.0. The van der Waals surface area contributed by atoms with E-state index in [1.807, 2.05) is 11.0 Å². The number of hydrogen-bond acceptors (Lipinski definition) is 4. The molecule has 1 aliphatic rings. The summed E-state index contributed by atoms with van der Waals surface area (Å²) in [5.41, 5.74) is 2.32. The quantitative estimate of drug-likeness (QED) is 0.708. The van der Waals surface area contributed by atoms with E-state index in [4.69, 9.17) is 0 Å². The molecule has 0 unspecified atom stereocenters. The normalized spacial score (nSPS) is 15.4. The van der Waals surface area contributed by atoms with Gasteiger partial charge in [0, 0.05) is 46.8 Å². The topological polar surface area (TPSA) is 60.9 Å². The molecule has 2 aromatic rings. The highest BCUT2D eigenvalue weighted by atomic mass is 32.2. The lowest BCUT2D eigenvalue weighted by Crippen LogP contribution is -2.39. The van der Waals surface area contributed by atoms with E-state index in [1.165, 1.54) is 30.0 Å². The zero-order chi connectivity index (χ0) is 21.9. The first-order chi connectivity index (χ1) is 14.2. The van der Waals surface area contributed by atoms with Crippen LogP contribution in [0.3, 0.4) is 0 Å². The second-order valence-electron chi connectivity index (χ2n) is 8.29. The van der Waals surface area contributed by atoms with Gasteiger partial charge in [0.25, 0.3) is 5.91 Å². The Labute approximate surface area is 180 Å². The fraction of sp³-hybridized carbons (Fsp3) is 0.435. The van der Waals surface area contributed by atoms with Gasteiger partial charge in [0.2, 0.25) is 10.0 Å². The third kappa shape index (κ3) is 4.84. The van der Waals surface area contributed by atoms with E-state index >= 15 is 0 Å². The number of likely N-dealkylation sites (tertiary alicyclic amines) is 1. The summed E-state index contributed by atoms with van der Waals surface area (Å²) < 4.78 is 26.8. The molecule has 0 aromatic heterocycles. The van der Waals surface area contributed by atoms with E-state index in [-0.39, 0.29) is 10.8 Å². The molecule has 0 bridgehead atoms. The molecule has 1 fully saturated rings. The molecule has 0 spiro atoms. The molecule has 0 radical (unpaired) electrons. The fourth-order valence-corrected chi connectivity index (χ4v) is 5.07. The Kier molecular flexibility index (Phi) is 6.83. The molecule has 1 saturated heterocycles. The van der Waals surface area contributed by atoms with Crippen molar-refractivity contribution in [3.63, 3.8) is 0 Å². The molecule has 0 N–H and O–H groups in total. The number of rotatable bonds is 6. The van der Waals surface area contributed by atoms with Crippen LogP contribution in [0.5, 0.6) is 0 Å². The number of sulfonamides is 1. The molecule has 2 aromatic carbocycles. The molecule has 1 aliphatic heterocycles. The Morgan fingerprint density at radius 3 is 2.20 bits per heavy atom. The number of hydrogen-bond donors (Lipinski definition) is 0. The van der Waals surface area contributed by atoms with Crippen LogP contribution in [0, 0.1) is 5.92 Å². The first-order valence-electron chi connectivity index (χ1n) is 10.3. The smallest absolute Gasteiger partial charge is 0.253 e. The van der Waals surface area contributed by atoms with Crippen LogP contribution in [0.4, 0.5) is 5.69 Å². The molecule has 30 heavy (non-hydrogen) atoms. The van der Waals surface area contributed by atoms with Gasteiger partial charge < -0.3 is 9.80 Å². The van der Waals surface area contributed by atoms with Crippen molar-refractivity contribution >= 4 is 21.6 Å². The Hall–Kier alpha value is -2.38. The van der Waals surface area contributed by atoms with Gasteiger partial charge in [-0.05, 0) is 48.9 Å². The Bertz CT molecular complexity index is 980. The lowest BCUT2D eigenvalue weighted by atomic mass is 9.90. The van der Waals surface area contributed by atoms with Crippen molar-refractivity contribution in [3.05, 3.63) is 59.7 Å². The van der Waals surface area contributed by atoms with E-state index in [1.54, 1.807) is 31.1 Å². The molecular formula is C23H31N3O3S. The van der Waals surface area contributed by atoms with Crippen LogP contribution in [0.25, 0.3) is 0 Å². The maximum absolute atomic E-state index is 13.1. The van der Waals surface area contributed by atoms with Crippen LogP contribution in [-0.4, -0.2) is 64.8 Å². The second-order valence-corrected chi connectivity index (χ2v) is 10.4. The summed E-state index contributed by atoms with van der Waals surface area (Å²) in [5, 5.41) is 0. The van der Waals surface area contributed by atoms with Crippen LogP contribution >= 0.6 is 0 Å². The fourth-order valence-electron chi connectivity index (χ4n) is 3.89. The molecule has 1 amide bonds. The molecule has 6 nitrogen and oxygen atoms in total. The van der Waals surface area contributed by atoms with Crippen molar-refractivity contribution in [2.45, 2.75) is 24.2 Å². The van der Waals surface area contributed by atoms with Gasteiger partial charge in [-0.3, -0.25) is 4.79 Å². The highest BCUT2D eigenvalue weighted by Crippen LogP contribution is 2.29. The molecule has 162 valence electrons. The number of benzene rings is 2. The number of amides is 1.